The van der Waals surface area contributed by atoms with Gasteiger partial charge in [0.1, 0.15) is 11.4 Å². The summed E-state index contributed by atoms with van der Waals surface area (Å²) in [6, 6.07) is 27.7. The van der Waals surface area contributed by atoms with Gasteiger partial charge >= 0.3 is 0 Å². The number of benzene rings is 4. The molecule has 4 rings (SSSR count). The minimum Gasteiger partial charge on any atom is -0.493 e. The highest BCUT2D eigenvalue weighted by Gasteiger charge is 2.17. The van der Waals surface area contributed by atoms with E-state index in [4.69, 9.17) is 27.9 Å². The van der Waals surface area contributed by atoms with Crippen molar-refractivity contribution in [2.24, 2.45) is 0 Å². The van der Waals surface area contributed by atoms with Crippen LogP contribution in [0.1, 0.15) is 22.8 Å². The first-order valence-electron chi connectivity index (χ1n) is 12.9. The maximum Gasteiger partial charge on any atom is 0.272 e. The Bertz CT molecular complexity index is 1610. The predicted octanol–water partition coefficient (Wildman–Crippen LogP) is 7.53. The maximum absolute atomic E-state index is 13.5. The minimum atomic E-state index is -0.527. The van der Waals surface area contributed by atoms with E-state index in [0.29, 0.717) is 44.9 Å². The van der Waals surface area contributed by atoms with E-state index in [2.05, 4.69) is 16.0 Å². The first kappa shape index (κ1) is 30.7. The zero-order valence-electron chi connectivity index (χ0n) is 22.5. The molecule has 0 unspecified atom stereocenters. The normalized spacial score (nSPS) is 11.0. The third-order valence-electron chi connectivity index (χ3n) is 5.71. The van der Waals surface area contributed by atoms with Crippen molar-refractivity contribution >= 4 is 70.1 Å². The zero-order valence-corrected chi connectivity index (χ0v) is 24.9. The summed E-state index contributed by atoms with van der Waals surface area (Å²) in [6.07, 6.45) is 1.57. The molecule has 42 heavy (non-hydrogen) atoms. The highest BCUT2D eigenvalue weighted by molar-refractivity contribution is 8.00. The Morgan fingerprint density at radius 3 is 2.40 bits per heavy atom. The third-order valence-corrected chi connectivity index (χ3v) is 7.27. The topological polar surface area (TPSA) is 96.5 Å². The van der Waals surface area contributed by atoms with Crippen LogP contribution in [0.15, 0.2) is 108 Å². The number of ether oxygens (including phenoxy) is 1. The van der Waals surface area contributed by atoms with Crippen molar-refractivity contribution in [3.8, 4) is 5.75 Å². The second-order valence-corrected chi connectivity index (χ2v) is 10.7. The highest BCUT2D eigenvalue weighted by atomic mass is 35.5. The molecule has 0 atom stereocenters. The maximum atomic E-state index is 13.5. The van der Waals surface area contributed by atoms with Gasteiger partial charge in [0, 0.05) is 26.7 Å². The Morgan fingerprint density at radius 1 is 0.857 bits per heavy atom. The number of hydrogen-bond donors (Lipinski definition) is 3. The van der Waals surface area contributed by atoms with Crippen LogP contribution in [-0.2, 0) is 9.59 Å². The number of carbonyl (C=O) groups is 3. The molecular weight excluding hydrogens is 593 g/mol. The summed E-state index contributed by atoms with van der Waals surface area (Å²) >= 11 is 13.4. The van der Waals surface area contributed by atoms with E-state index in [0.717, 1.165) is 4.90 Å². The minimum absolute atomic E-state index is 0.0341. The molecule has 0 radical (unpaired) electrons. The van der Waals surface area contributed by atoms with E-state index in [-0.39, 0.29) is 17.4 Å². The van der Waals surface area contributed by atoms with Crippen molar-refractivity contribution in [3.05, 3.63) is 124 Å². The average Bonchev–Trinajstić information content (AvgIpc) is 2.99. The zero-order chi connectivity index (χ0) is 29.9. The molecule has 0 aliphatic carbocycles. The molecule has 214 valence electrons. The number of anilines is 2. The van der Waals surface area contributed by atoms with Gasteiger partial charge in [-0.15, -0.1) is 11.8 Å². The number of hydrogen-bond acceptors (Lipinski definition) is 5. The quantitative estimate of drug-likeness (QED) is 0.119. The van der Waals surface area contributed by atoms with Crippen LogP contribution in [0, 0.1) is 0 Å². The van der Waals surface area contributed by atoms with Crippen molar-refractivity contribution in [3.63, 3.8) is 0 Å². The van der Waals surface area contributed by atoms with Crippen LogP contribution >= 0.6 is 35.0 Å². The van der Waals surface area contributed by atoms with Crippen LogP contribution in [0.4, 0.5) is 11.4 Å². The van der Waals surface area contributed by atoms with Crippen LogP contribution in [0.25, 0.3) is 6.08 Å². The molecule has 0 bridgehead atoms. The van der Waals surface area contributed by atoms with E-state index < -0.39 is 11.8 Å². The fourth-order valence-electron chi connectivity index (χ4n) is 3.78. The van der Waals surface area contributed by atoms with Crippen LogP contribution in [0.3, 0.4) is 0 Å². The van der Waals surface area contributed by atoms with E-state index in [9.17, 15) is 14.4 Å². The first-order chi connectivity index (χ1) is 20.3. The summed E-state index contributed by atoms with van der Waals surface area (Å²) < 4.78 is 5.70. The summed E-state index contributed by atoms with van der Waals surface area (Å²) in [5.41, 5.74) is 1.99. The number of amides is 3. The fourth-order valence-corrected chi connectivity index (χ4v) is 4.87. The molecule has 4 aromatic carbocycles. The molecule has 0 saturated heterocycles. The van der Waals surface area contributed by atoms with Gasteiger partial charge in [-0.3, -0.25) is 14.4 Å². The van der Waals surface area contributed by atoms with Crippen LogP contribution in [-0.4, -0.2) is 30.1 Å². The predicted molar refractivity (Wildman–Crippen MR) is 170 cm³/mol. The molecule has 0 aromatic heterocycles. The van der Waals surface area contributed by atoms with Crippen LogP contribution in [0.2, 0.25) is 10.0 Å². The van der Waals surface area contributed by atoms with Crippen molar-refractivity contribution in [1.82, 2.24) is 5.32 Å². The average molecular weight is 621 g/mol. The summed E-state index contributed by atoms with van der Waals surface area (Å²) in [7, 11) is 0. The summed E-state index contributed by atoms with van der Waals surface area (Å²) in [4.78, 5) is 39.7. The van der Waals surface area contributed by atoms with Crippen molar-refractivity contribution in [2.75, 3.05) is 23.0 Å². The largest absolute Gasteiger partial charge is 0.493 e. The van der Waals surface area contributed by atoms with Gasteiger partial charge in [-0.2, -0.15) is 0 Å². The lowest BCUT2D eigenvalue weighted by Crippen LogP contribution is -2.30. The molecule has 4 aromatic rings. The number of nitrogens with one attached hydrogen (secondary N) is 3. The van der Waals surface area contributed by atoms with Gasteiger partial charge in [0.2, 0.25) is 5.91 Å². The highest BCUT2D eigenvalue weighted by Crippen LogP contribution is 2.27. The van der Waals surface area contributed by atoms with Gasteiger partial charge in [0.25, 0.3) is 11.8 Å². The Kier molecular flexibility index (Phi) is 11.1. The molecule has 0 aliphatic rings. The Balaban J connectivity index is 1.49. The fraction of sp³-hybridized carbons (Fsp3) is 0.0938. The van der Waals surface area contributed by atoms with E-state index in [1.54, 1.807) is 84.9 Å². The van der Waals surface area contributed by atoms with Crippen molar-refractivity contribution in [2.45, 2.75) is 11.8 Å². The van der Waals surface area contributed by atoms with Gasteiger partial charge in [-0.25, -0.2) is 0 Å². The van der Waals surface area contributed by atoms with Gasteiger partial charge in [-0.05, 0) is 67.6 Å². The lowest BCUT2D eigenvalue weighted by atomic mass is 10.1. The lowest BCUT2D eigenvalue weighted by Gasteiger charge is -2.13. The molecule has 0 spiro atoms. The van der Waals surface area contributed by atoms with Gasteiger partial charge in [0.05, 0.1) is 23.1 Å². The second kappa shape index (κ2) is 15.1. The molecule has 0 fully saturated rings. The molecule has 0 aliphatic heterocycles. The molecule has 3 amide bonds. The molecule has 0 saturated carbocycles. The standard InChI is InChI=1S/C32H27Cl2N3O4S/c1-2-41-29-14-7-6-11-22(29)17-28(37-31(39)21-9-4-3-5-10-21)32(40)35-24-12-8-13-25(19-24)42-20-30(38)36-27-18-23(33)15-16-26(27)34/h3-19H,2,20H2,1H3,(H,35,40)(H,36,38)(H,37,39)/b28-17+. The van der Waals surface area contributed by atoms with E-state index in [1.165, 1.54) is 11.8 Å². The number of halogens is 2. The van der Waals surface area contributed by atoms with Gasteiger partial charge < -0.3 is 20.7 Å². The molecule has 7 nitrogen and oxygen atoms in total. The van der Waals surface area contributed by atoms with Crippen LogP contribution < -0.4 is 20.7 Å². The second-order valence-electron chi connectivity index (χ2n) is 8.79. The smallest absolute Gasteiger partial charge is 0.272 e. The lowest BCUT2D eigenvalue weighted by molar-refractivity contribution is -0.114. The first-order valence-corrected chi connectivity index (χ1v) is 14.7. The number of carbonyl (C=O) groups excluding carboxylic acids is 3. The summed E-state index contributed by atoms with van der Waals surface area (Å²) in [6.45, 7) is 2.31. The van der Waals surface area contributed by atoms with Crippen molar-refractivity contribution < 1.29 is 19.1 Å². The summed E-state index contributed by atoms with van der Waals surface area (Å²) in [5.74, 6) is -0.537. The third kappa shape index (κ3) is 8.88. The SMILES string of the molecule is CCOc1ccccc1/C=C(/NC(=O)c1ccccc1)C(=O)Nc1cccc(SCC(=O)Nc2cc(Cl)ccc2Cl)c1. The monoisotopic (exact) mass is 619 g/mol. The molecule has 10 heteroatoms. The molecular formula is C32H27Cl2N3O4S. The Hall–Kier alpha value is -4.24. The Labute approximate surface area is 258 Å². The van der Waals surface area contributed by atoms with E-state index >= 15 is 0 Å². The number of para-hydroxylation sites is 1. The van der Waals surface area contributed by atoms with E-state index in [1.807, 2.05) is 25.1 Å². The van der Waals surface area contributed by atoms with Crippen LogP contribution in [0.5, 0.6) is 5.75 Å². The number of thioether (sulfide) groups is 1. The molecule has 3 N–H and O–H groups in total. The van der Waals surface area contributed by atoms with Crippen molar-refractivity contribution in [1.29, 1.82) is 0 Å². The van der Waals surface area contributed by atoms with Gasteiger partial charge in [0.15, 0.2) is 0 Å². The summed E-state index contributed by atoms with van der Waals surface area (Å²) in [5, 5.41) is 9.17. The number of rotatable bonds is 11. The van der Waals surface area contributed by atoms with Gasteiger partial charge in [-0.1, -0.05) is 65.7 Å². The molecule has 0 heterocycles. The Morgan fingerprint density at radius 2 is 1.62 bits per heavy atom.